The molecule has 0 aromatic heterocycles. The van der Waals surface area contributed by atoms with Gasteiger partial charge in [-0.15, -0.1) is 0 Å². The standard InChI is InChI=1S/C3H6NO3S2Si/c1-6-8-10(4-3-5)9-7-2/h1-2H3. The summed E-state index contributed by atoms with van der Waals surface area (Å²) >= 11 is 2.27. The zero-order valence-electron chi connectivity index (χ0n) is 5.49. The van der Waals surface area contributed by atoms with Crippen molar-refractivity contribution in [2.75, 3.05) is 14.2 Å². The summed E-state index contributed by atoms with van der Waals surface area (Å²) in [6.07, 6.45) is 1.46. The van der Waals surface area contributed by atoms with E-state index in [9.17, 15) is 4.79 Å². The van der Waals surface area contributed by atoms with E-state index in [0.29, 0.717) is 0 Å². The molecule has 0 saturated heterocycles. The van der Waals surface area contributed by atoms with Crippen molar-refractivity contribution in [3.05, 3.63) is 0 Å². The Kier molecular flexibility index (Phi) is 7.48. The summed E-state index contributed by atoms with van der Waals surface area (Å²) < 4.78 is 12.9. The number of isocyanates is 1. The topological polar surface area (TPSA) is 47.9 Å². The van der Waals surface area contributed by atoms with Crippen molar-refractivity contribution >= 4 is 36.3 Å². The molecule has 0 aliphatic carbocycles. The van der Waals surface area contributed by atoms with E-state index >= 15 is 0 Å². The average Bonchev–Trinajstić information content (AvgIpc) is 1.90. The average molecular weight is 196 g/mol. The van der Waals surface area contributed by atoms with Gasteiger partial charge in [0.15, 0.2) is 0 Å². The minimum atomic E-state index is -1.31. The van der Waals surface area contributed by atoms with Crippen LogP contribution in [-0.2, 0) is 13.2 Å². The van der Waals surface area contributed by atoms with Crippen LogP contribution in [0.2, 0.25) is 0 Å². The summed E-state index contributed by atoms with van der Waals surface area (Å²) in [5.74, 6) is 0. The zero-order chi connectivity index (χ0) is 7.82. The first-order chi connectivity index (χ1) is 4.85. The predicted octanol–water partition coefficient (Wildman–Crippen LogP) is 0.896. The highest BCUT2D eigenvalue weighted by molar-refractivity contribution is 8.51. The SMILES string of the molecule is COS[Si](N=C=O)SOC. The summed E-state index contributed by atoms with van der Waals surface area (Å²) in [4.78, 5) is 9.76. The first-order valence-corrected chi connectivity index (χ1v) is 6.59. The van der Waals surface area contributed by atoms with E-state index in [1.54, 1.807) is 0 Å². The molecule has 10 heavy (non-hydrogen) atoms. The molecule has 0 unspecified atom stereocenters. The first-order valence-electron chi connectivity index (χ1n) is 2.21. The van der Waals surface area contributed by atoms with Gasteiger partial charge < -0.3 is 8.37 Å². The van der Waals surface area contributed by atoms with Crippen molar-refractivity contribution < 1.29 is 13.2 Å². The lowest BCUT2D eigenvalue weighted by atomic mass is 11.7. The highest BCUT2D eigenvalue weighted by Gasteiger charge is 2.14. The molecule has 57 valence electrons. The van der Waals surface area contributed by atoms with E-state index in [1.807, 2.05) is 0 Å². The van der Waals surface area contributed by atoms with E-state index in [-0.39, 0.29) is 0 Å². The summed E-state index contributed by atoms with van der Waals surface area (Å²) in [5, 5.41) is 0. The summed E-state index contributed by atoms with van der Waals surface area (Å²) in [6, 6.07) is 0. The Balaban J connectivity index is 3.60. The normalized spacial score (nSPS) is 9.50. The molecular formula is C3H6NO3S2Si. The van der Waals surface area contributed by atoms with Crippen molar-refractivity contribution in [3.8, 4) is 0 Å². The van der Waals surface area contributed by atoms with Gasteiger partial charge in [0.2, 0.25) is 6.08 Å². The molecule has 0 saturated carbocycles. The summed E-state index contributed by atoms with van der Waals surface area (Å²) in [6.45, 7) is 0. The first kappa shape index (κ1) is 10.2. The maximum atomic E-state index is 9.76. The van der Waals surface area contributed by atoms with E-state index < -0.39 is 7.26 Å². The largest absolute Gasteiger partial charge is 0.409 e. The molecule has 1 radical (unpaired) electrons. The maximum Gasteiger partial charge on any atom is 0.409 e. The summed E-state index contributed by atoms with van der Waals surface area (Å²) in [7, 11) is 1.73. The second kappa shape index (κ2) is 7.33. The lowest BCUT2D eigenvalue weighted by molar-refractivity contribution is 0.493. The predicted molar refractivity (Wildman–Crippen MR) is 43.1 cm³/mol. The van der Waals surface area contributed by atoms with Gasteiger partial charge in [0.25, 0.3) is 0 Å². The Morgan fingerprint density at radius 3 is 2.20 bits per heavy atom. The molecule has 0 N–H and O–H groups in total. The third-order valence-electron chi connectivity index (χ3n) is 0.446. The minimum absolute atomic E-state index is 1.14. The highest BCUT2D eigenvalue weighted by Crippen LogP contribution is 2.19. The molecule has 0 aliphatic heterocycles. The zero-order valence-corrected chi connectivity index (χ0v) is 8.12. The Morgan fingerprint density at radius 1 is 1.40 bits per heavy atom. The van der Waals surface area contributed by atoms with Gasteiger partial charge in [-0.2, -0.15) is 0 Å². The van der Waals surface area contributed by atoms with Crippen LogP contribution in [0.3, 0.4) is 0 Å². The third-order valence-corrected chi connectivity index (χ3v) is 4.97. The Hall–Kier alpha value is 0.217. The van der Waals surface area contributed by atoms with Crippen molar-refractivity contribution in [2.24, 2.45) is 4.66 Å². The fourth-order valence-corrected chi connectivity index (χ4v) is 3.55. The van der Waals surface area contributed by atoms with Gasteiger partial charge in [0.05, 0.1) is 0 Å². The molecule has 0 rings (SSSR count). The minimum Gasteiger partial charge on any atom is -0.322 e. The van der Waals surface area contributed by atoms with Crippen molar-refractivity contribution in [1.82, 2.24) is 0 Å². The number of rotatable bonds is 5. The van der Waals surface area contributed by atoms with Gasteiger partial charge in [-0.1, -0.05) is 0 Å². The molecule has 0 spiro atoms. The Bertz CT molecular complexity index is 123. The van der Waals surface area contributed by atoms with Gasteiger partial charge in [-0.05, 0) is 0 Å². The molecule has 0 amide bonds. The van der Waals surface area contributed by atoms with E-state index in [4.69, 9.17) is 8.37 Å². The van der Waals surface area contributed by atoms with E-state index in [2.05, 4.69) is 4.66 Å². The molecule has 0 heterocycles. The van der Waals surface area contributed by atoms with Crippen LogP contribution in [0.25, 0.3) is 0 Å². The molecule has 0 fully saturated rings. The van der Waals surface area contributed by atoms with Crippen molar-refractivity contribution in [3.63, 3.8) is 0 Å². The van der Waals surface area contributed by atoms with Crippen LogP contribution in [-0.4, -0.2) is 27.6 Å². The fourth-order valence-electron chi connectivity index (χ4n) is 0.231. The van der Waals surface area contributed by atoms with E-state index in [1.165, 1.54) is 20.3 Å². The molecule has 4 nitrogen and oxygen atoms in total. The van der Waals surface area contributed by atoms with E-state index in [0.717, 1.165) is 23.0 Å². The Morgan fingerprint density at radius 2 is 1.90 bits per heavy atom. The monoisotopic (exact) mass is 196 g/mol. The van der Waals surface area contributed by atoms with Crippen LogP contribution in [0.5, 0.6) is 0 Å². The van der Waals surface area contributed by atoms with Crippen LogP contribution in [0.15, 0.2) is 4.66 Å². The van der Waals surface area contributed by atoms with Gasteiger partial charge in [0, 0.05) is 37.2 Å². The smallest absolute Gasteiger partial charge is 0.322 e. The van der Waals surface area contributed by atoms with Crippen LogP contribution < -0.4 is 0 Å². The molecule has 0 aromatic rings. The number of carbonyl (C=O) groups excluding carboxylic acids is 1. The molecule has 0 bridgehead atoms. The molecule has 0 aromatic carbocycles. The van der Waals surface area contributed by atoms with Crippen molar-refractivity contribution in [2.45, 2.75) is 0 Å². The Labute approximate surface area is 68.8 Å². The highest BCUT2D eigenvalue weighted by atomic mass is 32.6. The van der Waals surface area contributed by atoms with Crippen molar-refractivity contribution in [1.29, 1.82) is 0 Å². The second-order valence-corrected chi connectivity index (χ2v) is 6.82. The van der Waals surface area contributed by atoms with Crippen LogP contribution >= 0.6 is 23.0 Å². The summed E-state index contributed by atoms with van der Waals surface area (Å²) in [5.41, 5.74) is 0. The quantitative estimate of drug-likeness (QED) is 0.283. The number of nitrogens with zero attached hydrogens (tertiary/aromatic N) is 1. The maximum absolute atomic E-state index is 9.76. The number of hydrogen-bond donors (Lipinski definition) is 0. The van der Waals surface area contributed by atoms with Crippen LogP contribution in [0.1, 0.15) is 0 Å². The second-order valence-electron chi connectivity index (χ2n) is 0.969. The van der Waals surface area contributed by atoms with Gasteiger partial charge >= 0.3 is 7.26 Å². The lowest BCUT2D eigenvalue weighted by Crippen LogP contribution is -1.98. The molecule has 7 heteroatoms. The molecule has 0 aliphatic rings. The fraction of sp³-hybridized carbons (Fsp3) is 0.667. The van der Waals surface area contributed by atoms with Gasteiger partial charge in [-0.3, -0.25) is 0 Å². The lowest BCUT2D eigenvalue weighted by Gasteiger charge is -1.99. The van der Waals surface area contributed by atoms with Crippen LogP contribution in [0, 0.1) is 0 Å². The molecule has 0 atom stereocenters. The van der Waals surface area contributed by atoms with Gasteiger partial charge in [-0.25, -0.2) is 9.45 Å². The molecular weight excluding hydrogens is 190 g/mol. The number of hydrogen-bond acceptors (Lipinski definition) is 6. The van der Waals surface area contributed by atoms with Crippen LogP contribution in [0.4, 0.5) is 0 Å². The third kappa shape index (κ3) is 5.04. The van der Waals surface area contributed by atoms with Gasteiger partial charge in [0.1, 0.15) is 0 Å².